The van der Waals surface area contributed by atoms with Crippen LogP contribution in [0.2, 0.25) is 0 Å². The molecule has 7 heteroatoms. The molecule has 1 amide bonds. The van der Waals surface area contributed by atoms with Crippen molar-refractivity contribution in [2.75, 3.05) is 6.54 Å². The molecule has 2 rings (SSSR count). The van der Waals surface area contributed by atoms with Crippen LogP contribution in [0, 0.1) is 0 Å². The molecule has 0 saturated carbocycles. The minimum atomic E-state index is -1.31. The van der Waals surface area contributed by atoms with Gasteiger partial charge in [-0.05, 0) is 24.8 Å². The summed E-state index contributed by atoms with van der Waals surface area (Å²) < 4.78 is 17.6. The number of rotatable bonds is 7. The molecule has 0 aliphatic rings. The van der Waals surface area contributed by atoms with Crippen molar-refractivity contribution >= 4 is 28.0 Å². The average Bonchev–Trinajstić information content (AvgIpc) is 3.14. The van der Waals surface area contributed by atoms with E-state index in [1.807, 2.05) is 24.4 Å². The molecule has 2 atom stereocenters. The van der Waals surface area contributed by atoms with Gasteiger partial charge in [-0.1, -0.05) is 13.0 Å². The van der Waals surface area contributed by atoms with Crippen molar-refractivity contribution in [2.24, 2.45) is 0 Å². The van der Waals surface area contributed by atoms with Gasteiger partial charge >= 0.3 is 0 Å². The van der Waals surface area contributed by atoms with Crippen LogP contribution >= 0.6 is 11.3 Å². The van der Waals surface area contributed by atoms with E-state index in [9.17, 15) is 9.00 Å². The van der Waals surface area contributed by atoms with Crippen molar-refractivity contribution in [3.8, 4) is 10.8 Å². The van der Waals surface area contributed by atoms with Crippen molar-refractivity contribution in [3.63, 3.8) is 0 Å². The Kier molecular flexibility index (Phi) is 5.69. The SMILES string of the molecule is CCCNC(=O)[C@@H](C)[S@@](=O)Cc1coc(-c2cccs2)n1. The molecule has 0 spiro atoms. The molecule has 0 saturated heterocycles. The lowest BCUT2D eigenvalue weighted by Crippen LogP contribution is -2.36. The molecule has 114 valence electrons. The number of carbonyl (C=O) groups is 1. The van der Waals surface area contributed by atoms with Crippen LogP contribution in [-0.2, 0) is 21.3 Å². The van der Waals surface area contributed by atoms with E-state index < -0.39 is 16.0 Å². The minimum absolute atomic E-state index is 0.183. The maximum atomic E-state index is 12.2. The van der Waals surface area contributed by atoms with Gasteiger partial charge in [0.1, 0.15) is 11.5 Å². The van der Waals surface area contributed by atoms with Gasteiger partial charge in [0.2, 0.25) is 11.8 Å². The maximum absolute atomic E-state index is 12.2. The average molecular weight is 326 g/mol. The first-order valence-corrected chi connectivity index (χ1v) is 9.01. The normalized spacial score (nSPS) is 13.8. The highest BCUT2D eigenvalue weighted by Crippen LogP contribution is 2.24. The molecule has 0 aliphatic carbocycles. The second-order valence-electron chi connectivity index (χ2n) is 4.58. The summed E-state index contributed by atoms with van der Waals surface area (Å²) in [6.07, 6.45) is 2.36. The number of aromatic nitrogens is 1. The monoisotopic (exact) mass is 326 g/mol. The minimum Gasteiger partial charge on any atom is -0.444 e. The van der Waals surface area contributed by atoms with Gasteiger partial charge in [-0.25, -0.2) is 4.98 Å². The first-order chi connectivity index (χ1) is 10.1. The molecule has 0 aromatic carbocycles. The van der Waals surface area contributed by atoms with Gasteiger partial charge in [0.15, 0.2) is 0 Å². The Balaban J connectivity index is 1.95. The van der Waals surface area contributed by atoms with Crippen LogP contribution in [0.3, 0.4) is 0 Å². The molecule has 0 aliphatic heterocycles. The largest absolute Gasteiger partial charge is 0.444 e. The topological polar surface area (TPSA) is 72.2 Å². The first kappa shape index (κ1) is 15.9. The van der Waals surface area contributed by atoms with Crippen molar-refractivity contribution in [1.29, 1.82) is 0 Å². The number of hydrogen-bond donors (Lipinski definition) is 1. The predicted octanol–water partition coefficient (Wildman–Crippen LogP) is 2.57. The quantitative estimate of drug-likeness (QED) is 0.849. The van der Waals surface area contributed by atoms with Gasteiger partial charge in [-0.2, -0.15) is 0 Å². The van der Waals surface area contributed by atoms with Gasteiger partial charge in [0.25, 0.3) is 0 Å². The molecule has 0 bridgehead atoms. The Morgan fingerprint density at radius 2 is 2.38 bits per heavy atom. The number of carbonyl (C=O) groups excluding carboxylic acids is 1. The fourth-order valence-corrected chi connectivity index (χ4v) is 3.32. The fraction of sp³-hybridized carbons (Fsp3) is 0.429. The van der Waals surface area contributed by atoms with Gasteiger partial charge in [-0.15, -0.1) is 11.3 Å². The Hall–Kier alpha value is -1.47. The Morgan fingerprint density at radius 3 is 3.05 bits per heavy atom. The molecule has 2 heterocycles. The second kappa shape index (κ2) is 7.51. The first-order valence-electron chi connectivity index (χ1n) is 6.75. The maximum Gasteiger partial charge on any atom is 0.236 e. The van der Waals surface area contributed by atoms with Crippen LogP contribution in [0.4, 0.5) is 0 Å². The van der Waals surface area contributed by atoms with E-state index in [1.54, 1.807) is 6.92 Å². The van der Waals surface area contributed by atoms with Crippen LogP contribution in [0.15, 0.2) is 28.2 Å². The third-order valence-corrected chi connectivity index (χ3v) is 5.33. The summed E-state index contributed by atoms with van der Waals surface area (Å²) in [6, 6.07) is 3.83. The van der Waals surface area contributed by atoms with Crippen molar-refractivity contribution in [1.82, 2.24) is 10.3 Å². The lowest BCUT2D eigenvalue weighted by Gasteiger charge is -2.10. The smallest absolute Gasteiger partial charge is 0.236 e. The molecule has 5 nitrogen and oxygen atoms in total. The number of thiophene rings is 1. The number of hydrogen-bond acceptors (Lipinski definition) is 5. The summed E-state index contributed by atoms with van der Waals surface area (Å²) >= 11 is 1.53. The lowest BCUT2D eigenvalue weighted by atomic mass is 10.4. The van der Waals surface area contributed by atoms with Gasteiger partial charge < -0.3 is 9.73 Å². The summed E-state index contributed by atoms with van der Waals surface area (Å²) in [4.78, 5) is 17.0. The number of nitrogens with zero attached hydrogens (tertiary/aromatic N) is 1. The highest BCUT2D eigenvalue weighted by atomic mass is 32.2. The van der Waals surface area contributed by atoms with Crippen molar-refractivity contribution in [2.45, 2.75) is 31.3 Å². The van der Waals surface area contributed by atoms with Gasteiger partial charge in [-0.3, -0.25) is 9.00 Å². The zero-order valence-electron chi connectivity index (χ0n) is 12.0. The van der Waals surface area contributed by atoms with E-state index in [0.717, 1.165) is 11.3 Å². The van der Waals surface area contributed by atoms with E-state index in [1.165, 1.54) is 17.6 Å². The van der Waals surface area contributed by atoms with Gasteiger partial charge in [0, 0.05) is 17.3 Å². The number of nitrogens with one attached hydrogen (secondary N) is 1. The van der Waals surface area contributed by atoms with Crippen molar-refractivity contribution in [3.05, 3.63) is 29.5 Å². The molecule has 2 aromatic heterocycles. The molecule has 0 fully saturated rings. The Labute approximate surface area is 130 Å². The third-order valence-electron chi connectivity index (χ3n) is 2.89. The molecule has 21 heavy (non-hydrogen) atoms. The molecule has 0 radical (unpaired) electrons. The fourth-order valence-electron chi connectivity index (χ4n) is 1.67. The van der Waals surface area contributed by atoms with Gasteiger partial charge in [0.05, 0.1) is 16.3 Å². The highest BCUT2D eigenvalue weighted by Gasteiger charge is 2.21. The molecule has 2 aromatic rings. The van der Waals surface area contributed by atoms with Crippen molar-refractivity contribution < 1.29 is 13.4 Å². The number of oxazole rings is 1. The van der Waals surface area contributed by atoms with E-state index in [2.05, 4.69) is 10.3 Å². The van der Waals surface area contributed by atoms with Crippen LogP contribution in [-0.4, -0.2) is 26.9 Å². The van der Waals surface area contributed by atoms with E-state index in [-0.39, 0.29) is 11.7 Å². The highest BCUT2D eigenvalue weighted by molar-refractivity contribution is 7.85. The number of amides is 1. The summed E-state index contributed by atoms with van der Waals surface area (Å²) in [7, 11) is -1.31. The molecular weight excluding hydrogens is 308 g/mol. The Bertz CT molecular complexity index is 608. The summed E-state index contributed by atoms with van der Waals surface area (Å²) in [5, 5.41) is 4.14. The zero-order chi connectivity index (χ0) is 15.2. The van der Waals surface area contributed by atoms with Crippen LogP contribution in [0.25, 0.3) is 10.8 Å². The van der Waals surface area contributed by atoms with Crippen LogP contribution in [0.5, 0.6) is 0 Å². The van der Waals surface area contributed by atoms with E-state index >= 15 is 0 Å². The Morgan fingerprint density at radius 1 is 1.57 bits per heavy atom. The predicted molar refractivity (Wildman–Crippen MR) is 84.4 cm³/mol. The lowest BCUT2D eigenvalue weighted by molar-refractivity contribution is -0.120. The molecule has 1 N–H and O–H groups in total. The second-order valence-corrected chi connectivity index (χ2v) is 7.28. The van der Waals surface area contributed by atoms with E-state index in [0.29, 0.717) is 18.1 Å². The standard InChI is InChI=1S/C14H18N2O3S2/c1-3-6-15-13(17)10(2)21(18)9-11-8-19-14(16-11)12-5-4-7-20-12/h4-5,7-8,10H,3,6,9H2,1-2H3,(H,15,17)/t10-,21+/m1/s1. The zero-order valence-corrected chi connectivity index (χ0v) is 13.6. The molecular formula is C14H18N2O3S2. The van der Waals surface area contributed by atoms with Crippen LogP contribution in [0.1, 0.15) is 26.0 Å². The van der Waals surface area contributed by atoms with Crippen LogP contribution < -0.4 is 5.32 Å². The summed E-state index contributed by atoms with van der Waals surface area (Å²) in [5.41, 5.74) is 0.604. The summed E-state index contributed by atoms with van der Waals surface area (Å²) in [6.45, 7) is 4.25. The van der Waals surface area contributed by atoms with E-state index in [4.69, 9.17) is 4.42 Å². The third kappa shape index (κ3) is 4.25. The molecule has 0 unspecified atom stereocenters. The summed E-state index contributed by atoms with van der Waals surface area (Å²) in [5.74, 6) is 0.563.